The lowest BCUT2D eigenvalue weighted by Gasteiger charge is -2.12. The molecule has 0 amide bonds. The van der Waals surface area contributed by atoms with Crippen LogP contribution in [0.5, 0.6) is 0 Å². The number of para-hydroxylation sites is 4. The molecule has 2 heterocycles. The highest BCUT2D eigenvalue weighted by atomic mass is 15.1. The molecule has 0 bridgehead atoms. The summed E-state index contributed by atoms with van der Waals surface area (Å²) in [4.78, 5) is 15.2. The second-order valence-electron chi connectivity index (χ2n) is 11.7. The minimum Gasteiger partial charge on any atom is -0.292 e. The molecule has 0 fully saturated rings. The summed E-state index contributed by atoms with van der Waals surface area (Å²) >= 11 is 0. The van der Waals surface area contributed by atoms with Crippen LogP contribution in [0, 0.1) is 0 Å². The lowest BCUT2D eigenvalue weighted by atomic mass is 9.99. The van der Waals surface area contributed by atoms with Crippen molar-refractivity contribution in [2.75, 3.05) is 0 Å². The number of imidazole rings is 1. The first-order chi connectivity index (χ1) is 23.3. The molecule has 0 N–H and O–H groups in total. The highest BCUT2D eigenvalue weighted by Gasteiger charge is 2.16. The number of aromatic nitrogens is 4. The van der Waals surface area contributed by atoms with Crippen molar-refractivity contribution in [2.24, 2.45) is 0 Å². The minimum absolute atomic E-state index is 0.879. The van der Waals surface area contributed by atoms with Gasteiger partial charge in [0.2, 0.25) is 0 Å². The smallest absolute Gasteiger partial charge is 0.145 e. The van der Waals surface area contributed by atoms with Gasteiger partial charge in [-0.15, -0.1) is 0 Å². The van der Waals surface area contributed by atoms with Crippen molar-refractivity contribution >= 4 is 32.8 Å². The van der Waals surface area contributed by atoms with Gasteiger partial charge in [-0.2, -0.15) is 0 Å². The Morgan fingerprint density at radius 3 is 1.53 bits per heavy atom. The first kappa shape index (κ1) is 27.0. The molecular formula is C43H28N4. The molecule has 9 aromatic rings. The van der Waals surface area contributed by atoms with E-state index in [1.54, 1.807) is 0 Å². The Morgan fingerprint density at radius 2 is 0.851 bits per heavy atom. The van der Waals surface area contributed by atoms with Crippen molar-refractivity contribution in [3.63, 3.8) is 0 Å². The monoisotopic (exact) mass is 600 g/mol. The Kier molecular flexibility index (Phi) is 6.43. The lowest BCUT2D eigenvalue weighted by Crippen LogP contribution is -1.97. The van der Waals surface area contributed by atoms with Gasteiger partial charge in [-0.1, -0.05) is 133 Å². The van der Waals surface area contributed by atoms with Crippen LogP contribution in [-0.2, 0) is 0 Å². The van der Waals surface area contributed by atoms with E-state index in [9.17, 15) is 0 Å². The average molecular weight is 601 g/mol. The van der Waals surface area contributed by atoms with E-state index in [2.05, 4.69) is 126 Å². The Balaban J connectivity index is 1.08. The number of fused-ring (bicyclic) bond motifs is 3. The van der Waals surface area contributed by atoms with Crippen molar-refractivity contribution in [1.29, 1.82) is 0 Å². The first-order valence-electron chi connectivity index (χ1n) is 15.8. The molecule has 2 aromatic heterocycles. The molecule has 47 heavy (non-hydrogen) atoms. The fourth-order valence-corrected chi connectivity index (χ4v) is 6.43. The molecule has 4 nitrogen and oxygen atoms in total. The van der Waals surface area contributed by atoms with Gasteiger partial charge in [0.15, 0.2) is 0 Å². The van der Waals surface area contributed by atoms with E-state index in [1.807, 2.05) is 48.5 Å². The molecule has 0 aliphatic carbocycles. The van der Waals surface area contributed by atoms with Gasteiger partial charge in [0.25, 0.3) is 0 Å². The van der Waals surface area contributed by atoms with E-state index in [-0.39, 0.29) is 0 Å². The zero-order valence-electron chi connectivity index (χ0n) is 25.5. The SMILES string of the molecule is c1ccc(-c2nc3ccccc3nc2-c2ccc(-c3ccc(-c4nc5ccccc5n4-c4ccc5ccccc5c4)cc3)cc2)cc1. The van der Waals surface area contributed by atoms with Crippen molar-refractivity contribution in [3.05, 3.63) is 170 Å². The third kappa shape index (κ3) is 4.84. The molecule has 0 saturated heterocycles. The van der Waals surface area contributed by atoms with Gasteiger partial charge in [-0.05, 0) is 58.3 Å². The minimum atomic E-state index is 0.879. The summed E-state index contributed by atoms with van der Waals surface area (Å²) in [6.07, 6.45) is 0. The van der Waals surface area contributed by atoms with Crippen molar-refractivity contribution in [1.82, 2.24) is 19.5 Å². The second-order valence-corrected chi connectivity index (χ2v) is 11.7. The van der Waals surface area contributed by atoms with Gasteiger partial charge in [0.05, 0.1) is 33.5 Å². The largest absolute Gasteiger partial charge is 0.292 e. The zero-order chi connectivity index (χ0) is 31.2. The van der Waals surface area contributed by atoms with E-state index in [0.717, 1.165) is 72.8 Å². The lowest BCUT2D eigenvalue weighted by molar-refractivity contribution is 1.11. The van der Waals surface area contributed by atoms with Crippen LogP contribution in [0.2, 0.25) is 0 Å². The van der Waals surface area contributed by atoms with Gasteiger partial charge in [-0.3, -0.25) is 4.57 Å². The summed E-state index contributed by atoms with van der Waals surface area (Å²) in [7, 11) is 0. The molecule has 4 heteroatoms. The third-order valence-electron chi connectivity index (χ3n) is 8.80. The number of benzene rings is 7. The molecule has 0 saturated carbocycles. The van der Waals surface area contributed by atoms with Gasteiger partial charge >= 0.3 is 0 Å². The standard InChI is InChI=1S/C43H28N4/c1-2-11-32(12-3-1)41-42(45-38-15-7-6-14-37(38)44-41)33-22-18-30(19-23-33)31-20-24-34(25-21-31)43-46-39-16-8-9-17-40(39)47(43)36-27-26-29-10-4-5-13-35(29)28-36/h1-28H. The molecule has 9 rings (SSSR count). The molecule has 0 radical (unpaired) electrons. The normalized spacial score (nSPS) is 11.4. The predicted octanol–water partition coefficient (Wildman–Crippen LogP) is 10.8. The van der Waals surface area contributed by atoms with Crippen LogP contribution in [0.4, 0.5) is 0 Å². The van der Waals surface area contributed by atoms with Crippen LogP contribution in [-0.4, -0.2) is 19.5 Å². The van der Waals surface area contributed by atoms with Crippen LogP contribution in [0.25, 0.3) is 83.6 Å². The molecular weight excluding hydrogens is 573 g/mol. The Labute approximate surface area is 272 Å². The maximum Gasteiger partial charge on any atom is 0.145 e. The van der Waals surface area contributed by atoms with E-state index in [4.69, 9.17) is 15.0 Å². The first-order valence-corrected chi connectivity index (χ1v) is 15.8. The van der Waals surface area contributed by atoms with Gasteiger partial charge in [-0.25, -0.2) is 15.0 Å². The van der Waals surface area contributed by atoms with E-state index in [1.165, 1.54) is 10.8 Å². The third-order valence-corrected chi connectivity index (χ3v) is 8.80. The summed E-state index contributed by atoms with van der Waals surface area (Å²) in [5.41, 5.74) is 12.1. The zero-order valence-corrected chi connectivity index (χ0v) is 25.5. The summed E-state index contributed by atoms with van der Waals surface area (Å²) < 4.78 is 2.26. The highest BCUT2D eigenvalue weighted by Crippen LogP contribution is 2.34. The molecule has 220 valence electrons. The number of rotatable bonds is 5. The van der Waals surface area contributed by atoms with Gasteiger partial charge in [0.1, 0.15) is 5.82 Å². The maximum absolute atomic E-state index is 5.09. The Bertz CT molecular complexity index is 2550. The summed E-state index contributed by atoms with van der Waals surface area (Å²) in [6.45, 7) is 0. The van der Waals surface area contributed by atoms with E-state index in [0.29, 0.717) is 0 Å². The van der Waals surface area contributed by atoms with Gasteiger partial charge < -0.3 is 0 Å². The molecule has 0 aliphatic rings. The molecule has 0 aliphatic heterocycles. The number of nitrogens with zero attached hydrogens (tertiary/aromatic N) is 4. The molecule has 0 spiro atoms. The van der Waals surface area contributed by atoms with Crippen LogP contribution in [0.1, 0.15) is 0 Å². The van der Waals surface area contributed by atoms with E-state index < -0.39 is 0 Å². The summed E-state index contributed by atoms with van der Waals surface area (Å²) in [5, 5.41) is 2.43. The Hall–Kier alpha value is -6.39. The predicted molar refractivity (Wildman–Crippen MR) is 193 cm³/mol. The highest BCUT2D eigenvalue weighted by molar-refractivity contribution is 5.89. The van der Waals surface area contributed by atoms with Crippen LogP contribution < -0.4 is 0 Å². The maximum atomic E-state index is 5.09. The van der Waals surface area contributed by atoms with Crippen LogP contribution in [0.15, 0.2) is 170 Å². The summed E-state index contributed by atoms with van der Waals surface area (Å²) in [5.74, 6) is 0.923. The molecule has 0 unspecified atom stereocenters. The quantitative estimate of drug-likeness (QED) is 0.197. The van der Waals surface area contributed by atoms with Crippen LogP contribution in [0.3, 0.4) is 0 Å². The molecule has 7 aromatic carbocycles. The topological polar surface area (TPSA) is 43.6 Å². The van der Waals surface area contributed by atoms with Crippen molar-refractivity contribution < 1.29 is 0 Å². The Morgan fingerprint density at radius 1 is 0.340 bits per heavy atom. The van der Waals surface area contributed by atoms with Crippen LogP contribution >= 0.6 is 0 Å². The van der Waals surface area contributed by atoms with Gasteiger partial charge in [0, 0.05) is 22.4 Å². The number of hydrogen-bond acceptors (Lipinski definition) is 3. The fraction of sp³-hybridized carbons (Fsp3) is 0. The van der Waals surface area contributed by atoms with E-state index >= 15 is 0 Å². The number of hydrogen-bond donors (Lipinski definition) is 0. The second kappa shape index (κ2) is 11.2. The summed E-state index contributed by atoms with van der Waals surface area (Å²) in [6, 6.07) is 59.1. The molecule has 0 atom stereocenters. The average Bonchev–Trinajstić information content (AvgIpc) is 3.54. The fourth-order valence-electron chi connectivity index (χ4n) is 6.43. The van der Waals surface area contributed by atoms with Crippen molar-refractivity contribution in [3.8, 4) is 50.7 Å². The van der Waals surface area contributed by atoms with Crippen molar-refractivity contribution in [2.45, 2.75) is 0 Å².